The van der Waals surface area contributed by atoms with Gasteiger partial charge in [-0.25, -0.2) is 0 Å². The molecule has 0 aliphatic carbocycles. The van der Waals surface area contributed by atoms with Crippen LogP contribution in [0.25, 0.3) is 0 Å². The number of hydrogen-bond acceptors (Lipinski definition) is 3. The highest BCUT2D eigenvalue weighted by molar-refractivity contribution is 7.10. The number of ether oxygens (including phenoxy) is 1. The van der Waals surface area contributed by atoms with E-state index in [1.165, 1.54) is 4.88 Å². The minimum absolute atomic E-state index is 0.221. The molecule has 0 aromatic carbocycles. The fourth-order valence-electron chi connectivity index (χ4n) is 2.41. The highest BCUT2D eigenvalue weighted by Crippen LogP contribution is 2.21. The molecule has 1 unspecified atom stereocenters. The molecule has 0 bridgehead atoms. The second-order valence-corrected chi connectivity index (χ2v) is 6.22. The maximum atomic E-state index is 12.2. The predicted octanol–water partition coefficient (Wildman–Crippen LogP) is 3.36. The summed E-state index contributed by atoms with van der Waals surface area (Å²) in [5.41, 5.74) is 0. The Bertz CT molecular complexity index is 419. The minimum atomic E-state index is 0.221. The van der Waals surface area contributed by atoms with Crippen LogP contribution in [0.3, 0.4) is 0 Å². The van der Waals surface area contributed by atoms with Crippen molar-refractivity contribution in [2.75, 3.05) is 19.7 Å². The van der Waals surface area contributed by atoms with Crippen LogP contribution in [0.5, 0.6) is 0 Å². The van der Waals surface area contributed by atoms with E-state index < -0.39 is 0 Å². The summed E-state index contributed by atoms with van der Waals surface area (Å²) in [5.74, 6) is 0.230. The summed E-state index contributed by atoms with van der Waals surface area (Å²) in [5, 5.41) is 2.68. The van der Waals surface area contributed by atoms with Crippen molar-refractivity contribution >= 4 is 28.8 Å². The Morgan fingerprint density at radius 3 is 3.16 bits per heavy atom. The topological polar surface area (TPSA) is 29.5 Å². The molecule has 0 N–H and O–H groups in total. The highest BCUT2D eigenvalue weighted by Gasteiger charge is 2.23. The van der Waals surface area contributed by atoms with Gasteiger partial charge in [0.15, 0.2) is 0 Å². The molecule has 19 heavy (non-hydrogen) atoms. The number of thiophene rings is 1. The SMILES string of the molecule is CCOC1CCCN(C(=O)CCc2cc(Cl)cs2)C1. The number of amides is 1. The van der Waals surface area contributed by atoms with Gasteiger partial charge in [0.25, 0.3) is 0 Å². The predicted molar refractivity (Wildman–Crippen MR) is 78.9 cm³/mol. The number of halogens is 1. The van der Waals surface area contributed by atoms with Crippen molar-refractivity contribution in [2.24, 2.45) is 0 Å². The minimum Gasteiger partial charge on any atom is -0.377 e. The van der Waals surface area contributed by atoms with Crippen LogP contribution in [0.1, 0.15) is 31.1 Å². The Morgan fingerprint density at radius 2 is 2.47 bits per heavy atom. The zero-order valence-corrected chi connectivity index (χ0v) is 12.8. The van der Waals surface area contributed by atoms with Gasteiger partial charge in [0, 0.05) is 36.4 Å². The first-order valence-electron chi connectivity index (χ1n) is 6.81. The Kier molecular flexibility index (Phi) is 5.67. The number of aryl methyl sites for hydroxylation is 1. The summed E-state index contributed by atoms with van der Waals surface area (Å²) >= 11 is 7.50. The quantitative estimate of drug-likeness (QED) is 0.834. The standard InChI is InChI=1S/C14H20ClNO2S/c1-2-18-12-4-3-7-16(9-12)14(17)6-5-13-8-11(15)10-19-13/h8,10,12H,2-7,9H2,1H3. The second kappa shape index (κ2) is 7.27. The van der Waals surface area contributed by atoms with Crippen molar-refractivity contribution in [1.29, 1.82) is 0 Å². The molecule has 0 saturated carbocycles. The number of likely N-dealkylation sites (tertiary alicyclic amines) is 1. The Morgan fingerprint density at radius 1 is 1.63 bits per heavy atom. The van der Waals surface area contributed by atoms with Gasteiger partial charge in [-0.15, -0.1) is 11.3 Å². The molecule has 3 nitrogen and oxygen atoms in total. The first-order valence-corrected chi connectivity index (χ1v) is 8.07. The maximum Gasteiger partial charge on any atom is 0.223 e. The first kappa shape index (κ1) is 14.8. The lowest BCUT2D eigenvalue weighted by Gasteiger charge is -2.32. The lowest BCUT2D eigenvalue weighted by Crippen LogP contribution is -2.43. The highest BCUT2D eigenvalue weighted by atomic mass is 35.5. The fraction of sp³-hybridized carbons (Fsp3) is 0.643. The van der Waals surface area contributed by atoms with Gasteiger partial charge in [-0.3, -0.25) is 4.79 Å². The zero-order valence-electron chi connectivity index (χ0n) is 11.2. The summed E-state index contributed by atoms with van der Waals surface area (Å²) in [6, 6.07) is 1.94. The number of nitrogens with zero attached hydrogens (tertiary/aromatic N) is 1. The van der Waals surface area contributed by atoms with Crippen LogP contribution in [0.15, 0.2) is 11.4 Å². The van der Waals surface area contributed by atoms with E-state index in [1.54, 1.807) is 11.3 Å². The molecule has 1 atom stereocenters. The third-order valence-electron chi connectivity index (χ3n) is 3.34. The Hall–Kier alpha value is -0.580. The van der Waals surface area contributed by atoms with Crippen LogP contribution >= 0.6 is 22.9 Å². The van der Waals surface area contributed by atoms with Gasteiger partial charge in [0.2, 0.25) is 5.91 Å². The van der Waals surface area contributed by atoms with E-state index in [0.29, 0.717) is 6.42 Å². The van der Waals surface area contributed by atoms with Gasteiger partial charge < -0.3 is 9.64 Å². The smallest absolute Gasteiger partial charge is 0.223 e. The molecule has 2 heterocycles. The molecule has 1 aliphatic heterocycles. The molecule has 1 aromatic rings. The molecule has 1 fully saturated rings. The van der Waals surface area contributed by atoms with Crippen molar-refractivity contribution in [1.82, 2.24) is 4.90 Å². The van der Waals surface area contributed by atoms with Gasteiger partial charge in [-0.2, -0.15) is 0 Å². The average molecular weight is 302 g/mol. The second-order valence-electron chi connectivity index (χ2n) is 4.79. The zero-order chi connectivity index (χ0) is 13.7. The Labute approximate surface area is 123 Å². The van der Waals surface area contributed by atoms with Crippen molar-refractivity contribution in [3.8, 4) is 0 Å². The average Bonchev–Trinajstić information content (AvgIpc) is 2.82. The molecule has 2 rings (SSSR count). The largest absolute Gasteiger partial charge is 0.377 e. The lowest BCUT2D eigenvalue weighted by atomic mass is 10.1. The normalized spacial score (nSPS) is 19.7. The van der Waals surface area contributed by atoms with E-state index in [-0.39, 0.29) is 12.0 Å². The maximum absolute atomic E-state index is 12.2. The third-order valence-corrected chi connectivity index (χ3v) is 4.68. The molecule has 1 amide bonds. The number of carbonyl (C=O) groups excluding carboxylic acids is 1. The van der Waals surface area contributed by atoms with Crippen LogP contribution in [-0.2, 0) is 16.0 Å². The molecular formula is C14H20ClNO2S. The van der Waals surface area contributed by atoms with Gasteiger partial charge in [0.1, 0.15) is 0 Å². The van der Waals surface area contributed by atoms with Crippen LogP contribution in [0, 0.1) is 0 Å². The van der Waals surface area contributed by atoms with E-state index in [4.69, 9.17) is 16.3 Å². The number of piperidine rings is 1. The third kappa shape index (κ3) is 4.48. The monoisotopic (exact) mass is 301 g/mol. The molecule has 1 aliphatic rings. The number of hydrogen-bond donors (Lipinski definition) is 0. The number of carbonyl (C=O) groups is 1. The van der Waals surface area contributed by atoms with Crippen LogP contribution in [0.2, 0.25) is 5.02 Å². The lowest BCUT2D eigenvalue weighted by molar-refractivity contribution is -0.135. The van der Waals surface area contributed by atoms with Gasteiger partial charge in [0.05, 0.1) is 11.1 Å². The van der Waals surface area contributed by atoms with Crippen molar-refractivity contribution in [3.63, 3.8) is 0 Å². The summed E-state index contributed by atoms with van der Waals surface area (Å²) in [6.07, 6.45) is 3.68. The van der Waals surface area contributed by atoms with E-state index >= 15 is 0 Å². The van der Waals surface area contributed by atoms with E-state index in [9.17, 15) is 4.79 Å². The molecule has 1 aromatic heterocycles. The number of rotatable bonds is 5. The fourth-order valence-corrected chi connectivity index (χ4v) is 3.49. The van der Waals surface area contributed by atoms with Crippen LogP contribution in [0.4, 0.5) is 0 Å². The van der Waals surface area contributed by atoms with E-state index in [0.717, 1.165) is 44.0 Å². The molecule has 5 heteroatoms. The Balaban J connectivity index is 1.79. The summed E-state index contributed by atoms with van der Waals surface area (Å²) in [6.45, 7) is 4.34. The molecule has 0 spiro atoms. The van der Waals surface area contributed by atoms with Gasteiger partial charge in [-0.05, 0) is 32.3 Å². The van der Waals surface area contributed by atoms with Crippen molar-refractivity contribution in [2.45, 2.75) is 38.7 Å². The summed E-state index contributed by atoms with van der Waals surface area (Å²) in [4.78, 5) is 15.3. The molecule has 0 radical (unpaired) electrons. The molecule has 106 valence electrons. The van der Waals surface area contributed by atoms with E-state index in [1.807, 2.05) is 23.3 Å². The summed E-state index contributed by atoms with van der Waals surface area (Å²) in [7, 11) is 0. The summed E-state index contributed by atoms with van der Waals surface area (Å²) < 4.78 is 5.62. The molecule has 1 saturated heterocycles. The van der Waals surface area contributed by atoms with E-state index in [2.05, 4.69) is 0 Å². The molecular weight excluding hydrogens is 282 g/mol. The van der Waals surface area contributed by atoms with Crippen molar-refractivity contribution in [3.05, 3.63) is 21.3 Å². The van der Waals surface area contributed by atoms with Gasteiger partial charge in [-0.1, -0.05) is 11.6 Å². The van der Waals surface area contributed by atoms with Crippen molar-refractivity contribution < 1.29 is 9.53 Å². The van der Waals surface area contributed by atoms with Crippen LogP contribution in [-0.4, -0.2) is 36.6 Å². The first-order chi connectivity index (χ1) is 9.19. The van der Waals surface area contributed by atoms with Gasteiger partial charge >= 0.3 is 0 Å². The van der Waals surface area contributed by atoms with Crippen LogP contribution < -0.4 is 0 Å².